The van der Waals surface area contributed by atoms with Crippen molar-refractivity contribution < 1.29 is 13.2 Å². The highest BCUT2D eigenvalue weighted by Crippen LogP contribution is 2.27. The molecule has 0 aromatic heterocycles. The van der Waals surface area contributed by atoms with Crippen LogP contribution in [0.4, 0.5) is 13.2 Å². The SMILES string of the molecule is C=C/C=C(\C=C(/C)Cl)C(F)(F)F. The van der Waals surface area contributed by atoms with Crippen LogP contribution in [0.1, 0.15) is 6.92 Å². The van der Waals surface area contributed by atoms with Gasteiger partial charge in [0.05, 0.1) is 5.57 Å². The van der Waals surface area contributed by atoms with E-state index in [4.69, 9.17) is 11.6 Å². The summed E-state index contributed by atoms with van der Waals surface area (Å²) in [5, 5.41) is 0.0837. The third-order valence-corrected chi connectivity index (χ3v) is 1.09. The molecule has 0 saturated heterocycles. The van der Waals surface area contributed by atoms with E-state index < -0.39 is 11.7 Å². The Hall–Kier alpha value is -0.700. The lowest BCUT2D eigenvalue weighted by molar-refractivity contribution is -0.0882. The molecule has 0 saturated carbocycles. The Morgan fingerprint density at radius 2 is 1.92 bits per heavy atom. The second kappa shape index (κ2) is 4.36. The van der Waals surface area contributed by atoms with Crippen LogP contribution in [0.25, 0.3) is 0 Å². The van der Waals surface area contributed by atoms with Crippen LogP contribution in [0, 0.1) is 0 Å². The fourth-order valence-electron chi connectivity index (χ4n) is 0.566. The number of hydrogen-bond acceptors (Lipinski definition) is 0. The zero-order valence-electron chi connectivity index (χ0n) is 6.45. The summed E-state index contributed by atoms with van der Waals surface area (Å²) in [5.41, 5.74) is -0.801. The molecule has 0 heterocycles. The number of rotatable bonds is 2. The van der Waals surface area contributed by atoms with Gasteiger partial charge in [-0.1, -0.05) is 30.3 Å². The van der Waals surface area contributed by atoms with Gasteiger partial charge in [-0.15, -0.1) is 0 Å². The second-order valence-electron chi connectivity index (χ2n) is 2.09. The van der Waals surface area contributed by atoms with Crippen LogP contribution in [0.2, 0.25) is 0 Å². The molecular formula is C8H8ClF3. The van der Waals surface area contributed by atoms with Gasteiger partial charge in [-0.2, -0.15) is 13.2 Å². The first-order valence-electron chi connectivity index (χ1n) is 3.11. The van der Waals surface area contributed by atoms with Gasteiger partial charge in [0.2, 0.25) is 0 Å². The molecule has 0 spiro atoms. The lowest BCUT2D eigenvalue weighted by atomic mass is 10.2. The van der Waals surface area contributed by atoms with E-state index >= 15 is 0 Å². The maximum absolute atomic E-state index is 12.0. The summed E-state index contributed by atoms with van der Waals surface area (Å²) in [7, 11) is 0. The Kier molecular flexibility index (Phi) is 4.10. The highest BCUT2D eigenvalue weighted by atomic mass is 35.5. The molecule has 0 rings (SSSR count). The molecule has 0 nitrogen and oxygen atoms in total. The highest BCUT2D eigenvalue weighted by Gasteiger charge is 2.31. The first-order chi connectivity index (χ1) is 5.38. The zero-order valence-corrected chi connectivity index (χ0v) is 7.21. The average molecular weight is 197 g/mol. The largest absolute Gasteiger partial charge is 0.416 e. The Bertz CT molecular complexity index is 219. The Balaban J connectivity index is 4.82. The Morgan fingerprint density at radius 3 is 2.17 bits per heavy atom. The van der Waals surface area contributed by atoms with Gasteiger partial charge in [-0.25, -0.2) is 0 Å². The van der Waals surface area contributed by atoms with Crippen LogP contribution in [-0.4, -0.2) is 6.18 Å². The monoisotopic (exact) mass is 196 g/mol. The predicted molar refractivity (Wildman–Crippen MR) is 43.9 cm³/mol. The van der Waals surface area contributed by atoms with Crippen molar-refractivity contribution in [2.75, 3.05) is 0 Å². The second-order valence-corrected chi connectivity index (χ2v) is 2.68. The Labute approximate surface area is 74.0 Å². The van der Waals surface area contributed by atoms with Gasteiger partial charge in [0.1, 0.15) is 0 Å². The molecule has 0 radical (unpaired) electrons. The minimum Gasteiger partial charge on any atom is -0.166 e. The van der Waals surface area contributed by atoms with Crippen molar-refractivity contribution in [1.29, 1.82) is 0 Å². The molecule has 68 valence electrons. The maximum Gasteiger partial charge on any atom is 0.416 e. The normalized spacial score (nSPS) is 14.8. The van der Waals surface area contributed by atoms with Gasteiger partial charge in [0.25, 0.3) is 0 Å². The number of allylic oxidation sites excluding steroid dienone is 5. The number of halogens is 4. The standard InChI is InChI=1S/C8H8ClF3/c1-3-4-7(5-6(2)9)8(10,11)12/h3-5H,1H2,2H3/b6-5+,7-4+. The van der Waals surface area contributed by atoms with Gasteiger partial charge >= 0.3 is 6.18 Å². The first kappa shape index (κ1) is 11.3. The van der Waals surface area contributed by atoms with Crippen molar-refractivity contribution in [3.05, 3.63) is 35.4 Å². The number of hydrogen-bond donors (Lipinski definition) is 0. The lowest BCUT2D eigenvalue weighted by Crippen LogP contribution is -2.09. The van der Waals surface area contributed by atoms with Gasteiger partial charge in [-0.3, -0.25) is 0 Å². The lowest BCUT2D eigenvalue weighted by Gasteiger charge is -2.06. The van der Waals surface area contributed by atoms with Crippen LogP contribution in [-0.2, 0) is 0 Å². The van der Waals surface area contributed by atoms with Crippen LogP contribution < -0.4 is 0 Å². The van der Waals surface area contributed by atoms with E-state index in [2.05, 4.69) is 6.58 Å². The molecule has 0 N–H and O–H groups in total. The van der Waals surface area contributed by atoms with Crippen molar-refractivity contribution in [3.8, 4) is 0 Å². The molecule has 0 bridgehead atoms. The van der Waals surface area contributed by atoms with Gasteiger partial charge in [0.15, 0.2) is 0 Å². The molecule has 0 unspecified atom stereocenters. The van der Waals surface area contributed by atoms with E-state index in [1.807, 2.05) is 0 Å². The molecule has 0 atom stereocenters. The summed E-state index contributed by atoms with van der Waals surface area (Å²) in [4.78, 5) is 0. The van der Waals surface area contributed by atoms with E-state index in [1.54, 1.807) is 0 Å². The van der Waals surface area contributed by atoms with Crippen molar-refractivity contribution in [1.82, 2.24) is 0 Å². The molecular weight excluding hydrogens is 189 g/mol. The fourth-order valence-corrected chi connectivity index (χ4v) is 0.683. The van der Waals surface area contributed by atoms with Crippen LogP contribution in [0.3, 0.4) is 0 Å². The van der Waals surface area contributed by atoms with E-state index in [0.29, 0.717) is 0 Å². The van der Waals surface area contributed by atoms with Crippen molar-refractivity contribution in [2.45, 2.75) is 13.1 Å². The molecule has 12 heavy (non-hydrogen) atoms. The van der Waals surface area contributed by atoms with Crippen molar-refractivity contribution in [3.63, 3.8) is 0 Å². The molecule has 0 fully saturated rings. The molecule has 4 heteroatoms. The summed E-state index contributed by atoms with van der Waals surface area (Å²) in [6.07, 6.45) is -1.58. The zero-order chi connectivity index (χ0) is 9.78. The molecule has 0 aliphatic rings. The van der Waals surface area contributed by atoms with Crippen LogP contribution in [0.15, 0.2) is 35.4 Å². The highest BCUT2D eigenvalue weighted by molar-refractivity contribution is 6.29. The summed E-state index contributed by atoms with van der Waals surface area (Å²) >= 11 is 5.30. The predicted octanol–water partition coefficient (Wildman–Crippen LogP) is 3.80. The number of alkyl halides is 3. The maximum atomic E-state index is 12.0. The van der Waals surface area contributed by atoms with Crippen LogP contribution >= 0.6 is 11.6 Å². The summed E-state index contributed by atoms with van der Waals surface area (Å²) < 4.78 is 36.1. The van der Waals surface area contributed by atoms with E-state index in [0.717, 1.165) is 18.2 Å². The van der Waals surface area contributed by atoms with E-state index in [9.17, 15) is 13.2 Å². The smallest absolute Gasteiger partial charge is 0.166 e. The van der Waals surface area contributed by atoms with E-state index in [-0.39, 0.29) is 5.03 Å². The summed E-state index contributed by atoms with van der Waals surface area (Å²) in [6.45, 7) is 4.55. The van der Waals surface area contributed by atoms with Gasteiger partial charge in [-0.05, 0) is 13.0 Å². The average Bonchev–Trinajstić information content (AvgIpc) is 1.83. The van der Waals surface area contributed by atoms with Gasteiger partial charge in [0, 0.05) is 5.03 Å². The van der Waals surface area contributed by atoms with E-state index in [1.165, 1.54) is 6.92 Å². The summed E-state index contributed by atoms with van der Waals surface area (Å²) in [6, 6.07) is 0. The topological polar surface area (TPSA) is 0 Å². The molecule has 0 aromatic carbocycles. The molecule has 0 amide bonds. The van der Waals surface area contributed by atoms with Gasteiger partial charge < -0.3 is 0 Å². The van der Waals surface area contributed by atoms with Crippen LogP contribution in [0.5, 0.6) is 0 Å². The third kappa shape index (κ3) is 4.23. The first-order valence-corrected chi connectivity index (χ1v) is 3.49. The van der Waals surface area contributed by atoms with Crippen molar-refractivity contribution >= 4 is 11.6 Å². The minimum absolute atomic E-state index is 0.0837. The molecule has 0 aliphatic heterocycles. The fraction of sp³-hybridized carbons (Fsp3) is 0.250. The minimum atomic E-state index is -4.37. The third-order valence-electron chi connectivity index (χ3n) is 0.979. The molecule has 0 aromatic rings. The Morgan fingerprint density at radius 1 is 1.42 bits per heavy atom. The van der Waals surface area contributed by atoms with Crippen molar-refractivity contribution in [2.24, 2.45) is 0 Å². The quantitative estimate of drug-likeness (QED) is 0.590. The summed E-state index contributed by atoms with van der Waals surface area (Å²) in [5.74, 6) is 0. The molecule has 0 aliphatic carbocycles.